The Morgan fingerprint density at radius 1 is 0.775 bits per heavy atom. The summed E-state index contributed by atoms with van der Waals surface area (Å²) in [6.07, 6.45) is 0. The molecule has 4 aromatic carbocycles. The Balaban J connectivity index is 1.26. The highest BCUT2D eigenvalue weighted by atomic mass is 16.6. The van der Waals surface area contributed by atoms with E-state index in [1.807, 2.05) is 12.1 Å². The molecule has 0 aromatic heterocycles. The first-order chi connectivity index (χ1) is 19.5. The number of non-ortho nitro benzene ring substituents is 1. The van der Waals surface area contributed by atoms with Gasteiger partial charge in [-0.3, -0.25) is 29.5 Å². The predicted octanol–water partition coefficient (Wildman–Crippen LogP) is 5.17. The number of anilines is 1. The van der Waals surface area contributed by atoms with Gasteiger partial charge in [0.2, 0.25) is 5.91 Å². The maximum absolute atomic E-state index is 13.2. The summed E-state index contributed by atoms with van der Waals surface area (Å²) >= 11 is 0. The van der Waals surface area contributed by atoms with Crippen LogP contribution < -0.4 is 5.32 Å². The second-order valence-corrected chi connectivity index (χ2v) is 9.77. The van der Waals surface area contributed by atoms with Crippen LogP contribution in [-0.4, -0.2) is 59.1 Å². The molecule has 0 unspecified atom stereocenters. The van der Waals surface area contributed by atoms with Gasteiger partial charge in [0.1, 0.15) is 0 Å². The average molecular weight is 535 g/mol. The van der Waals surface area contributed by atoms with Crippen LogP contribution in [0.2, 0.25) is 0 Å². The van der Waals surface area contributed by atoms with E-state index in [0.717, 1.165) is 13.1 Å². The fourth-order valence-electron chi connectivity index (χ4n) is 5.14. The fourth-order valence-corrected chi connectivity index (χ4v) is 5.14. The summed E-state index contributed by atoms with van der Waals surface area (Å²) in [6.45, 7) is 3.15. The first-order valence-electron chi connectivity index (χ1n) is 13.2. The molecule has 1 aliphatic heterocycles. The number of nitrogens with one attached hydrogen (secondary N) is 1. The van der Waals surface area contributed by atoms with Crippen molar-refractivity contribution in [3.63, 3.8) is 0 Å². The van der Waals surface area contributed by atoms with Gasteiger partial charge in [-0.1, -0.05) is 91.0 Å². The Labute approximate surface area is 233 Å². The smallest absolute Gasteiger partial charge is 0.270 e. The second-order valence-electron chi connectivity index (χ2n) is 9.77. The van der Waals surface area contributed by atoms with E-state index < -0.39 is 4.92 Å². The minimum atomic E-state index is -0.551. The number of nitro groups is 1. The summed E-state index contributed by atoms with van der Waals surface area (Å²) in [5.41, 5.74) is 2.99. The van der Waals surface area contributed by atoms with Gasteiger partial charge in [-0.2, -0.15) is 0 Å². The molecular weight excluding hydrogens is 504 g/mol. The number of hydrogen-bond acceptors (Lipinski definition) is 6. The van der Waals surface area contributed by atoms with Gasteiger partial charge in [-0.25, -0.2) is 0 Å². The van der Waals surface area contributed by atoms with Crippen LogP contribution in [0.4, 0.5) is 11.4 Å². The number of rotatable bonds is 9. The molecule has 0 spiro atoms. The summed E-state index contributed by atoms with van der Waals surface area (Å²) in [6, 6.07) is 33.5. The quantitative estimate of drug-likeness (QED) is 0.181. The molecule has 4 aromatic rings. The molecule has 1 fully saturated rings. The van der Waals surface area contributed by atoms with Crippen LogP contribution in [-0.2, 0) is 4.79 Å². The van der Waals surface area contributed by atoms with E-state index in [-0.39, 0.29) is 41.2 Å². The van der Waals surface area contributed by atoms with Crippen molar-refractivity contribution in [2.24, 2.45) is 0 Å². The predicted molar refractivity (Wildman–Crippen MR) is 154 cm³/mol. The van der Waals surface area contributed by atoms with Crippen LogP contribution in [0.25, 0.3) is 0 Å². The Kier molecular flexibility index (Phi) is 8.39. The molecule has 8 nitrogen and oxygen atoms in total. The minimum absolute atomic E-state index is 0.0899. The van der Waals surface area contributed by atoms with Crippen molar-refractivity contribution in [1.29, 1.82) is 0 Å². The number of nitro benzene ring substituents is 1. The van der Waals surface area contributed by atoms with Gasteiger partial charge in [0.25, 0.3) is 5.69 Å². The lowest BCUT2D eigenvalue weighted by molar-refractivity contribution is -0.384. The largest absolute Gasteiger partial charge is 0.324 e. The molecule has 0 atom stereocenters. The zero-order chi connectivity index (χ0) is 27.9. The molecule has 1 aliphatic rings. The van der Waals surface area contributed by atoms with Crippen molar-refractivity contribution in [2.75, 3.05) is 38.0 Å². The second kappa shape index (κ2) is 12.5. The highest BCUT2D eigenvalue weighted by Crippen LogP contribution is 2.30. The highest BCUT2D eigenvalue weighted by Gasteiger charge is 2.27. The van der Waals surface area contributed by atoms with Crippen LogP contribution in [0.15, 0.2) is 109 Å². The fraction of sp³-hybridized carbons (Fsp3) is 0.188. The topological polar surface area (TPSA) is 95.8 Å². The standard InChI is InChI=1S/C32H30N4O4/c37-30(33-29-17-16-27(36(39)40)22-28(29)32(38)26-14-8-3-9-15-26)23-34-18-20-35(21-19-34)31(24-10-4-1-5-11-24)25-12-6-2-7-13-25/h1-17,22,31H,18-21,23H2,(H,33,37). The molecule has 0 radical (unpaired) electrons. The Morgan fingerprint density at radius 2 is 1.32 bits per heavy atom. The van der Waals surface area contributed by atoms with Gasteiger partial charge in [0.15, 0.2) is 5.78 Å². The van der Waals surface area contributed by atoms with Crippen LogP contribution >= 0.6 is 0 Å². The number of piperazine rings is 1. The van der Waals surface area contributed by atoms with Crippen LogP contribution in [0.5, 0.6) is 0 Å². The molecule has 40 heavy (non-hydrogen) atoms. The van der Waals surface area contributed by atoms with E-state index in [9.17, 15) is 19.7 Å². The Bertz CT molecular complexity index is 1430. The molecule has 1 amide bonds. The lowest BCUT2D eigenvalue weighted by Crippen LogP contribution is -2.49. The van der Waals surface area contributed by atoms with Crippen molar-refractivity contribution in [1.82, 2.24) is 9.80 Å². The third-order valence-corrected chi connectivity index (χ3v) is 7.14. The zero-order valence-electron chi connectivity index (χ0n) is 22.0. The third kappa shape index (κ3) is 6.31. The normalized spacial score (nSPS) is 14.1. The molecule has 202 valence electrons. The van der Waals surface area contributed by atoms with E-state index in [1.165, 1.54) is 29.3 Å². The van der Waals surface area contributed by atoms with Crippen LogP contribution in [0, 0.1) is 10.1 Å². The molecule has 0 bridgehead atoms. The SMILES string of the molecule is O=C(CN1CCN(C(c2ccccc2)c2ccccc2)CC1)Nc1ccc([N+](=O)[O-])cc1C(=O)c1ccccc1. The van der Waals surface area contributed by atoms with E-state index in [1.54, 1.807) is 30.3 Å². The maximum Gasteiger partial charge on any atom is 0.270 e. The summed E-state index contributed by atoms with van der Waals surface area (Å²) in [4.78, 5) is 41.5. The number of ketones is 1. The van der Waals surface area contributed by atoms with Gasteiger partial charge in [0, 0.05) is 43.9 Å². The summed E-state index contributed by atoms with van der Waals surface area (Å²) in [5.74, 6) is -0.659. The van der Waals surface area contributed by atoms with Crippen molar-refractivity contribution < 1.29 is 14.5 Å². The van der Waals surface area contributed by atoms with E-state index in [4.69, 9.17) is 0 Å². The number of nitrogens with zero attached hydrogens (tertiary/aromatic N) is 3. The van der Waals surface area contributed by atoms with Crippen molar-refractivity contribution in [2.45, 2.75) is 6.04 Å². The number of benzene rings is 4. The van der Waals surface area contributed by atoms with Gasteiger partial charge >= 0.3 is 0 Å². The lowest BCUT2D eigenvalue weighted by atomic mass is 9.96. The molecule has 0 saturated carbocycles. The van der Waals surface area contributed by atoms with Crippen molar-refractivity contribution in [3.8, 4) is 0 Å². The summed E-state index contributed by atoms with van der Waals surface area (Å²) in [5, 5.41) is 14.2. The molecule has 5 rings (SSSR count). The van der Waals surface area contributed by atoms with E-state index >= 15 is 0 Å². The number of carbonyl (C=O) groups excluding carboxylic acids is 2. The first-order valence-corrected chi connectivity index (χ1v) is 13.2. The molecule has 0 aliphatic carbocycles. The van der Waals surface area contributed by atoms with Gasteiger partial charge < -0.3 is 5.32 Å². The number of carbonyl (C=O) groups is 2. The molecule has 1 heterocycles. The Morgan fingerprint density at radius 3 is 1.88 bits per heavy atom. The highest BCUT2D eigenvalue weighted by molar-refractivity contribution is 6.14. The van der Waals surface area contributed by atoms with Crippen molar-refractivity contribution in [3.05, 3.63) is 142 Å². The van der Waals surface area contributed by atoms with E-state index in [2.05, 4.69) is 63.6 Å². The molecular formula is C32H30N4O4. The van der Waals surface area contributed by atoms with E-state index in [0.29, 0.717) is 18.7 Å². The number of hydrogen-bond donors (Lipinski definition) is 1. The zero-order valence-corrected chi connectivity index (χ0v) is 22.0. The van der Waals surface area contributed by atoms with Gasteiger partial charge in [-0.05, 0) is 17.2 Å². The summed E-state index contributed by atoms with van der Waals surface area (Å²) < 4.78 is 0. The van der Waals surface area contributed by atoms with Gasteiger partial charge in [-0.15, -0.1) is 0 Å². The first kappa shape index (κ1) is 26.9. The van der Waals surface area contributed by atoms with Crippen LogP contribution in [0.3, 0.4) is 0 Å². The Hall–Kier alpha value is -4.66. The lowest BCUT2D eigenvalue weighted by Gasteiger charge is -2.39. The average Bonchev–Trinajstić information content (AvgIpc) is 2.99. The number of amides is 1. The monoisotopic (exact) mass is 534 g/mol. The summed E-state index contributed by atoms with van der Waals surface area (Å²) in [7, 11) is 0. The third-order valence-electron chi connectivity index (χ3n) is 7.14. The van der Waals surface area contributed by atoms with Crippen LogP contribution in [0.1, 0.15) is 33.1 Å². The minimum Gasteiger partial charge on any atom is -0.324 e. The van der Waals surface area contributed by atoms with Gasteiger partial charge in [0.05, 0.1) is 28.8 Å². The molecule has 1 N–H and O–H groups in total. The van der Waals surface area contributed by atoms with Crippen molar-refractivity contribution >= 4 is 23.1 Å². The molecule has 8 heteroatoms. The maximum atomic E-state index is 13.2. The molecule has 1 saturated heterocycles.